The number of anilines is 1. The van der Waals surface area contributed by atoms with E-state index in [1.54, 1.807) is 17.0 Å². The first kappa shape index (κ1) is 23.4. The second-order valence-corrected chi connectivity index (χ2v) is 9.68. The van der Waals surface area contributed by atoms with Crippen LogP contribution in [0.1, 0.15) is 50.2 Å². The summed E-state index contributed by atoms with van der Waals surface area (Å²) in [6.45, 7) is 9.87. The van der Waals surface area contributed by atoms with Crippen LogP contribution < -0.4 is 9.64 Å². The van der Waals surface area contributed by atoms with Gasteiger partial charge >= 0.3 is 0 Å². The van der Waals surface area contributed by atoms with Crippen LogP contribution >= 0.6 is 0 Å². The molecule has 1 aliphatic heterocycles. The number of aryl methyl sites for hydroxylation is 1. The molecule has 0 saturated heterocycles. The molecule has 1 atom stereocenters. The molecule has 7 nitrogen and oxygen atoms in total. The van der Waals surface area contributed by atoms with Gasteiger partial charge in [0.15, 0.2) is 5.78 Å². The van der Waals surface area contributed by atoms with Crippen LogP contribution in [0.2, 0.25) is 0 Å². The van der Waals surface area contributed by atoms with E-state index >= 15 is 0 Å². The lowest BCUT2D eigenvalue weighted by Crippen LogP contribution is -2.44. The van der Waals surface area contributed by atoms with E-state index in [1.165, 1.54) is 12.1 Å². The van der Waals surface area contributed by atoms with Crippen molar-refractivity contribution in [2.24, 2.45) is 5.41 Å². The summed E-state index contributed by atoms with van der Waals surface area (Å²) < 4.78 is 5.57. The fourth-order valence-corrected chi connectivity index (χ4v) is 4.88. The highest BCUT2D eigenvalue weighted by molar-refractivity contribution is 6.08. The number of benzene rings is 2. The number of allylic oxidation sites excluding steroid dienone is 2. The molecular formula is C27H28N2O5. The molecule has 34 heavy (non-hydrogen) atoms. The van der Waals surface area contributed by atoms with Crippen molar-refractivity contribution in [1.29, 1.82) is 0 Å². The number of carbonyl (C=O) groups is 2. The molecule has 1 aliphatic carbocycles. The lowest BCUT2D eigenvalue weighted by atomic mass is 9.69. The monoisotopic (exact) mass is 460 g/mol. The minimum absolute atomic E-state index is 0.0174. The smallest absolute Gasteiger partial charge is 0.271 e. The zero-order valence-corrected chi connectivity index (χ0v) is 19.7. The molecule has 1 unspecified atom stereocenters. The van der Waals surface area contributed by atoms with Crippen molar-refractivity contribution in [3.8, 4) is 5.75 Å². The Bertz CT molecular complexity index is 1210. The third-order valence-corrected chi connectivity index (χ3v) is 6.44. The van der Waals surface area contributed by atoms with Crippen LogP contribution in [-0.2, 0) is 9.59 Å². The number of nitro benzene ring substituents is 1. The molecule has 2 aromatic carbocycles. The van der Waals surface area contributed by atoms with E-state index in [-0.39, 0.29) is 35.1 Å². The molecule has 0 aromatic heterocycles. The first-order valence-electron chi connectivity index (χ1n) is 11.3. The number of nitro groups is 1. The summed E-state index contributed by atoms with van der Waals surface area (Å²) in [7, 11) is 0. The highest BCUT2D eigenvalue weighted by Gasteiger charge is 2.44. The van der Waals surface area contributed by atoms with E-state index < -0.39 is 4.92 Å². The van der Waals surface area contributed by atoms with Gasteiger partial charge in [0.25, 0.3) is 5.69 Å². The van der Waals surface area contributed by atoms with Crippen LogP contribution in [0, 0.1) is 22.5 Å². The van der Waals surface area contributed by atoms with Crippen LogP contribution in [0.15, 0.2) is 66.4 Å². The highest BCUT2D eigenvalue weighted by atomic mass is 16.6. The van der Waals surface area contributed by atoms with Gasteiger partial charge in [0, 0.05) is 42.2 Å². The second-order valence-electron chi connectivity index (χ2n) is 9.68. The van der Waals surface area contributed by atoms with E-state index in [1.807, 2.05) is 45.0 Å². The molecule has 0 saturated carbocycles. The van der Waals surface area contributed by atoms with E-state index in [9.17, 15) is 19.7 Å². The number of ketones is 1. The maximum absolute atomic E-state index is 13.6. The molecule has 1 heterocycles. The molecular weight excluding hydrogens is 432 g/mol. The predicted molar refractivity (Wildman–Crippen MR) is 130 cm³/mol. The number of ether oxygens (including phenoxy) is 1. The van der Waals surface area contributed by atoms with Gasteiger partial charge in [-0.3, -0.25) is 24.6 Å². The van der Waals surface area contributed by atoms with Gasteiger partial charge in [0.1, 0.15) is 12.4 Å². The van der Waals surface area contributed by atoms with Gasteiger partial charge in [-0.25, -0.2) is 0 Å². The number of hydrogen-bond acceptors (Lipinski definition) is 5. The number of Topliss-reactive ketones (excluding diaryl/α,β-unsaturated/α-hetero) is 1. The largest absolute Gasteiger partial charge is 0.490 e. The lowest BCUT2D eigenvalue weighted by molar-refractivity contribution is -0.384. The molecule has 0 spiro atoms. The van der Waals surface area contributed by atoms with E-state index in [0.717, 1.165) is 11.1 Å². The molecule has 2 aromatic rings. The Morgan fingerprint density at radius 3 is 2.53 bits per heavy atom. The molecule has 1 amide bonds. The van der Waals surface area contributed by atoms with Crippen LogP contribution in [0.3, 0.4) is 0 Å². The van der Waals surface area contributed by atoms with Crippen LogP contribution in [0.5, 0.6) is 5.75 Å². The minimum atomic E-state index is -0.471. The van der Waals surface area contributed by atoms with Crippen molar-refractivity contribution in [3.05, 3.63) is 87.6 Å². The standard InChI is InChI=1S/C27H28N2O5/c1-5-12-34-20-10-7-18(8-11-20)21-14-25(31)28(22-13-19(29(32)33)9-6-17(22)2)23-15-27(3,4)16-24(30)26(21)23/h5-11,13,21H,1,12,14-16H2,2-4H3. The van der Waals surface area contributed by atoms with Crippen molar-refractivity contribution >= 4 is 23.1 Å². The van der Waals surface area contributed by atoms with Crippen molar-refractivity contribution in [2.75, 3.05) is 11.5 Å². The highest BCUT2D eigenvalue weighted by Crippen LogP contribution is 2.49. The van der Waals surface area contributed by atoms with E-state index in [0.29, 0.717) is 42.2 Å². The molecule has 0 fully saturated rings. The van der Waals surface area contributed by atoms with Crippen LogP contribution in [-0.4, -0.2) is 23.2 Å². The van der Waals surface area contributed by atoms with Crippen molar-refractivity contribution in [1.82, 2.24) is 0 Å². The van der Waals surface area contributed by atoms with Crippen LogP contribution in [0.25, 0.3) is 0 Å². The predicted octanol–water partition coefficient (Wildman–Crippen LogP) is 5.63. The topological polar surface area (TPSA) is 89.8 Å². The fraction of sp³-hybridized carbons (Fsp3) is 0.333. The Kier molecular flexibility index (Phi) is 6.13. The van der Waals surface area contributed by atoms with Crippen molar-refractivity contribution in [2.45, 2.75) is 46.0 Å². The van der Waals surface area contributed by atoms with Gasteiger partial charge < -0.3 is 4.74 Å². The second kappa shape index (κ2) is 8.89. The Hall–Kier alpha value is -3.74. The SMILES string of the molecule is C=CCOc1ccc(C2CC(=O)N(c3cc([N+](=O)[O-])ccc3C)C3=C2C(=O)CC(C)(C)C3)cc1. The number of carbonyl (C=O) groups excluding carboxylic acids is 2. The summed E-state index contributed by atoms with van der Waals surface area (Å²) in [6, 6.07) is 11.9. The molecule has 7 heteroatoms. The Labute approximate surface area is 198 Å². The maximum Gasteiger partial charge on any atom is 0.271 e. The van der Waals surface area contributed by atoms with Gasteiger partial charge in [0.05, 0.1) is 10.6 Å². The normalized spacial score (nSPS) is 19.6. The quantitative estimate of drug-likeness (QED) is 0.316. The first-order chi connectivity index (χ1) is 16.1. The summed E-state index contributed by atoms with van der Waals surface area (Å²) in [5, 5.41) is 11.4. The van der Waals surface area contributed by atoms with E-state index in [4.69, 9.17) is 4.74 Å². The molecule has 0 radical (unpaired) electrons. The Morgan fingerprint density at radius 2 is 1.88 bits per heavy atom. The van der Waals surface area contributed by atoms with E-state index in [2.05, 4.69) is 6.58 Å². The molecule has 0 N–H and O–H groups in total. The lowest BCUT2D eigenvalue weighted by Gasteiger charge is -2.43. The van der Waals surface area contributed by atoms with Crippen molar-refractivity contribution in [3.63, 3.8) is 0 Å². The first-order valence-corrected chi connectivity index (χ1v) is 11.3. The van der Waals surface area contributed by atoms with Gasteiger partial charge in [0.2, 0.25) is 5.91 Å². The Balaban J connectivity index is 1.84. The number of hydrogen-bond donors (Lipinski definition) is 0. The summed E-state index contributed by atoms with van der Waals surface area (Å²) in [5.74, 6) is 0.161. The van der Waals surface area contributed by atoms with Gasteiger partial charge in [-0.05, 0) is 42.0 Å². The summed E-state index contributed by atoms with van der Waals surface area (Å²) in [4.78, 5) is 39.5. The summed E-state index contributed by atoms with van der Waals surface area (Å²) in [5.41, 5.74) is 2.94. The molecule has 4 rings (SSSR count). The zero-order valence-electron chi connectivity index (χ0n) is 19.7. The summed E-state index contributed by atoms with van der Waals surface area (Å²) in [6.07, 6.45) is 2.69. The number of non-ortho nitro benzene ring substituents is 1. The average molecular weight is 461 g/mol. The van der Waals surface area contributed by atoms with Gasteiger partial charge in [-0.1, -0.05) is 44.7 Å². The number of rotatable bonds is 6. The third kappa shape index (κ3) is 4.38. The zero-order chi connectivity index (χ0) is 24.6. The average Bonchev–Trinajstić information content (AvgIpc) is 2.77. The fourth-order valence-electron chi connectivity index (χ4n) is 4.88. The van der Waals surface area contributed by atoms with Crippen LogP contribution in [0.4, 0.5) is 11.4 Å². The van der Waals surface area contributed by atoms with Gasteiger partial charge in [-0.15, -0.1) is 0 Å². The third-order valence-electron chi connectivity index (χ3n) is 6.44. The number of amides is 1. The summed E-state index contributed by atoms with van der Waals surface area (Å²) >= 11 is 0. The van der Waals surface area contributed by atoms with Crippen molar-refractivity contribution < 1.29 is 19.2 Å². The number of nitrogens with zero attached hydrogens (tertiary/aromatic N) is 2. The molecule has 2 aliphatic rings. The van der Waals surface area contributed by atoms with Gasteiger partial charge in [-0.2, -0.15) is 0 Å². The Morgan fingerprint density at radius 1 is 1.18 bits per heavy atom. The molecule has 0 bridgehead atoms. The minimum Gasteiger partial charge on any atom is -0.490 e. The maximum atomic E-state index is 13.6. The molecule has 176 valence electrons.